The topological polar surface area (TPSA) is 42.2 Å². The smallest absolute Gasteiger partial charge is 0.339 e. The predicted molar refractivity (Wildman–Crippen MR) is 73.8 cm³/mol. The van der Waals surface area contributed by atoms with Gasteiger partial charge in [0.05, 0.1) is 5.52 Å². The van der Waals surface area contributed by atoms with Crippen molar-refractivity contribution in [3.63, 3.8) is 0 Å². The molecule has 2 rings (SSSR count). The molecular formula is C13H13Cl2NO2. The minimum Gasteiger partial charge on any atom is -0.478 e. The fraction of sp³-hybridized carbons (Fsp3) is 0.308. The summed E-state index contributed by atoms with van der Waals surface area (Å²) in [5, 5.41) is 10.7. The molecule has 2 aromatic rings. The Balaban J connectivity index is 2.79. The number of carboxylic acid groups (broad SMARTS) is 1. The van der Waals surface area contributed by atoms with E-state index in [1.165, 1.54) is 0 Å². The average molecular weight is 286 g/mol. The second-order valence-corrected chi connectivity index (χ2v) is 5.43. The largest absolute Gasteiger partial charge is 0.478 e. The zero-order valence-electron chi connectivity index (χ0n) is 10.1. The van der Waals surface area contributed by atoms with Gasteiger partial charge < -0.3 is 9.67 Å². The van der Waals surface area contributed by atoms with Crippen LogP contribution in [0.25, 0.3) is 10.9 Å². The summed E-state index contributed by atoms with van der Waals surface area (Å²) in [6.45, 7) is 4.75. The highest BCUT2D eigenvalue weighted by atomic mass is 35.5. The van der Waals surface area contributed by atoms with Gasteiger partial charge in [0.25, 0.3) is 0 Å². The molecule has 0 saturated carbocycles. The number of carbonyl (C=O) groups is 1. The van der Waals surface area contributed by atoms with Crippen LogP contribution in [0.3, 0.4) is 0 Å². The van der Waals surface area contributed by atoms with E-state index in [2.05, 4.69) is 0 Å². The van der Waals surface area contributed by atoms with E-state index in [4.69, 9.17) is 23.2 Å². The molecule has 0 aliphatic carbocycles. The molecule has 96 valence electrons. The number of carboxylic acids is 1. The van der Waals surface area contributed by atoms with Crippen molar-refractivity contribution in [2.75, 3.05) is 0 Å². The summed E-state index contributed by atoms with van der Waals surface area (Å²) < 4.78 is 1.80. The second kappa shape index (κ2) is 4.82. The minimum atomic E-state index is -1.02. The lowest BCUT2D eigenvalue weighted by Crippen LogP contribution is -2.05. The highest BCUT2D eigenvalue weighted by molar-refractivity contribution is 6.36. The van der Waals surface area contributed by atoms with Crippen LogP contribution in [0.1, 0.15) is 24.2 Å². The molecule has 0 radical (unpaired) electrons. The van der Waals surface area contributed by atoms with Crippen molar-refractivity contribution >= 4 is 40.1 Å². The molecule has 1 aromatic carbocycles. The van der Waals surface area contributed by atoms with E-state index in [1.54, 1.807) is 22.8 Å². The Kier molecular flexibility index (Phi) is 3.55. The maximum Gasteiger partial charge on any atom is 0.339 e. The number of halogens is 2. The van der Waals surface area contributed by atoms with Gasteiger partial charge in [0, 0.05) is 17.0 Å². The molecule has 0 bridgehead atoms. The summed E-state index contributed by atoms with van der Waals surface area (Å²) in [6.07, 6.45) is 0. The van der Waals surface area contributed by atoms with E-state index in [9.17, 15) is 9.90 Å². The van der Waals surface area contributed by atoms with E-state index in [1.807, 2.05) is 13.8 Å². The Morgan fingerprint density at radius 2 is 2.06 bits per heavy atom. The number of rotatable bonds is 3. The molecule has 0 unspecified atom stereocenters. The Morgan fingerprint density at radius 3 is 2.61 bits per heavy atom. The molecule has 0 atom stereocenters. The van der Waals surface area contributed by atoms with E-state index in [0.29, 0.717) is 22.9 Å². The molecule has 18 heavy (non-hydrogen) atoms. The molecule has 0 aliphatic heterocycles. The molecule has 1 N–H and O–H groups in total. The molecule has 0 spiro atoms. The summed E-state index contributed by atoms with van der Waals surface area (Å²) in [7, 11) is 0. The number of fused-ring (bicyclic) bond motifs is 1. The molecule has 0 aliphatic rings. The lowest BCUT2D eigenvalue weighted by atomic mass is 10.2. The quantitative estimate of drug-likeness (QED) is 0.913. The number of aromatic nitrogens is 1. The van der Waals surface area contributed by atoms with Crippen molar-refractivity contribution in [2.24, 2.45) is 5.92 Å². The van der Waals surface area contributed by atoms with Crippen LogP contribution in [0.2, 0.25) is 10.2 Å². The SMILES string of the molecule is CC(C)Cn1c(Cl)c(C(=O)O)c2ccc(Cl)cc21. The third kappa shape index (κ3) is 2.20. The van der Waals surface area contributed by atoms with Crippen LogP contribution in [0, 0.1) is 5.92 Å². The van der Waals surface area contributed by atoms with Crippen molar-refractivity contribution in [2.45, 2.75) is 20.4 Å². The van der Waals surface area contributed by atoms with Crippen molar-refractivity contribution < 1.29 is 9.90 Å². The molecule has 5 heteroatoms. The van der Waals surface area contributed by atoms with Gasteiger partial charge in [-0.05, 0) is 18.1 Å². The third-order valence-electron chi connectivity index (χ3n) is 2.72. The van der Waals surface area contributed by atoms with Crippen molar-refractivity contribution in [3.05, 3.63) is 33.9 Å². The molecule has 1 heterocycles. The van der Waals surface area contributed by atoms with Crippen molar-refractivity contribution in [3.8, 4) is 0 Å². The third-order valence-corrected chi connectivity index (χ3v) is 3.35. The van der Waals surface area contributed by atoms with Gasteiger partial charge in [-0.2, -0.15) is 0 Å². The Hall–Kier alpha value is -1.19. The first-order valence-corrected chi connectivity index (χ1v) is 6.38. The maximum absolute atomic E-state index is 11.3. The van der Waals surface area contributed by atoms with Crippen LogP contribution in [-0.2, 0) is 6.54 Å². The lowest BCUT2D eigenvalue weighted by molar-refractivity contribution is 0.0699. The van der Waals surface area contributed by atoms with Crippen LogP contribution < -0.4 is 0 Å². The lowest BCUT2D eigenvalue weighted by Gasteiger charge is -2.09. The highest BCUT2D eigenvalue weighted by Crippen LogP contribution is 2.32. The summed E-state index contributed by atoms with van der Waals surface area (Å²) in [4.78, 5) is 11.3. The van der Waals surface area contributed by atoms with Gasteiger partial charge in [-0.25, -0.2) is 4.79 Å². The molecule has 1 aromatic heterocycles. The first-order valence-electron chi connectivity index (χ1n) is 5.62. The molecule has 0 saturated heterocycles. The Bertz CT molecular complexity index is 617. The van der Waals surface area contributed by atoms with E-state index in [0.717, 1.165) is 5.52 Å². The predicted octanol–water partition coefficient (Wildman–Crippen LogP) is 4.30. The van der Waals surface area contributed by atoms with Gasteiger partial charge in [0.15, 0.2) is 0 Å². The number of aromatic carboxylic acids is 1. The number of nitrogens with zero attached hydrogens (tertiary/aromatic N) is 1. The van der Waals surface area contributed by atoms with Crippen LogP contribution >= 0.6 is 23.2 Å². The molecule has 3 nitrogen and oxygen atoms in total. The van der Waals surface area contributed by atoms with Gasteiger partial charge in [-0.15, -0.1) is 0 Å². The Morgan fingerprint density at radius 1 is 1.39 bits per heavy atom. The average Bonchev–Trinajstić information content (AvgIpc) is 2.52. The first kappa shape index (κ1) is 13.2. The summed E-state index contributed by atoms with van der Waals surface area (Å²) in [6, 6.07) is 5.12. The van der Waals surface area contributed by atoms with Gasteiger partial charge in [0.2, 0.25) is 0 Å². The standard InChI is InChI=1S/C13H13Cl2NO2/c1-7(2)6-16-10-5-8(14)3-4-9(10)11(12(16)15)13(17)18/h3-5,7H,6H2,1-2H3,(H,17,18). The zero-order chi connectivity index (χ0) is 13.4. The summed E-state index contributed by atoms with van der Waals surface area (Å²) in [5.41, 5.74) is 0.905. The number of hydrogen-bond donors (Lipinski definition) is 1. The van der Waals surface area contributed by atoms with Gasteiger partial charge in [-0.1, -0.05) is 43.1 Å². The fourth-order valence-electron chi connectivity index (χ4n) is 2.04. The van der Waals surface area contributed by atoms with E-state index < -0.39 is 5.97 Å². The fourth-order valence-corrected chi connectivity index (χ4v) is 2.55. The van der Waals surface area contributed by atoms with E-state index >= 15 is 0 Å². The summed E-state index contributed by atoms with van der Waals surface area (Å²) in [5.74, 6) is -0.659. The molecule has 0 fully saturated rings. The first-order chi connectivity index (χ1) is 8.41. The van der Waals surface area contributed by atoms with Gasteiger partial charge in [0.1, 0.15) is 10.7 Å². The minimum absolute atomic E-state index is 0.143. The number of benzene rings is 1. The van der Waals surface area contributed by atoms with E-state index in [-0.39, 0.29) is 10.7 Å². The van der Waals surface area contributed by atoms with Gasteiger partial charge >= 0.3 is 5.97 Å². The monoisotopic (exact) mass is 285 g/mol. The van der Waals surface area contributed by atoms with Crippen LogP contribution in [-0.4, -0.2) is 15.6 Å². The van der Waals surface area contributed by atoms with Gasteiger partial charge in [-0.3, -0.25) is 0 Å². The summed E-state index contributed by atoms with van der Waals surface area (Å²) >= 11 is 12.1. The Labute approximate surface area is 115 Å². The highest BCUT2D eigenvalue weighted by Gasteiger charge is 2.21. The maximum atomic E-state index is 11.3. The second-order valence-electron chi connectivity index (χ2n) is 4.64. The van der Waals surface area contributed by atoms with Crippen molar-refractivity contribution in [1.29, 1.82) is 0 Å². The van der Waals surface area contributed by atoms with Crippen molar-refractivity contribution in [1.82, 2.24) is 4.57 Å². The molecular weight excluding hydrogens is 273 g/mol. The molecule has 0 amide bonds. The van der Waals surface area contributed by atoms with Crippen LogP contribution in [0.4, 0.5) is 0 Å². The zero-order valence-corrected chi connectivity index (χ0v) is 11.6. The number of hydrogen-bond acceptors (Lipinski definition) is 1. The van der Waals surface area contributed by atoms with Crippen LogP contribution in [0.15, 0.2) is 18.2 Å². The normalized spacial score (nSPS) is 11.4. The van der Waals surface area contributed by atoms with Crippen LogP contribution in [0.5, 0.6) is 0 Å².